The number of carbonyl (C=O) groups is 2. The van der Waals surface area contributed by atoms with Crippen LogP contribution in [0.5, 0.6) is 0 Å². The average Bonchev–Trinajstić information content (AvgIpc) is 2.76. The Labute approximate surface area is 183 Å². The molecular weight excluding hydrogens is 451 g/mol. The van der Waals surface area contributed by atoms with Gasteiger partial charge in [0.15, 0.2) is 6.10 Å². The van der Waals surface area contributed by atoms with Gasteiger partial charge in [-0.1, -0.05) is 11.6 Å². The van der Waals surface area contributed by atoms with E-state index in [0.717, 1.165) is 6.07 Å². The number of anilines is 1. The van der Waals surface area contributed by atoms with E-state index in [2.05, 4.69) is 5.32 Å². The third kappa shape index (κ3) is 5.59. The molecule has 31 heavy (non-hydrogen) atoms. The molecule has 0 radical (unpaired) electrons. The largest absolute Gasteiger partial charge is 0.449 e. The minimum atomic E-state index is -3.93. The van der Waals surface area contributed by atoms with Crippen LogP contribution in [0.25, 0.3) is 0 Å². The van der Waals surface area contributed by atoms with Gasteiger partial charge in [0.05, 0.1) is 23.8 Å². The van der Waals surface area contributed by atoms with Gasteiger partial charge in [0.2, 0.25) is 10.0 Å². The molecule has 3 rings (SSSR count). The van der Waals surface area contributed by atoms with Crippen LogP contribution in [-0.4, -0.2) is 57.0 Å². The molecule has 1 atom stereocenters. The van der Waals surface area contributed by atoms with E-state index >= 15 is 0 Å². The van der Waals surface area contributed by atoms with Crippen molar-refractivity contribution in [2.75, 3.05) is 31.6 Å². The molecule has 2 aromatic carbocycles. The van der Waals surface area contributed by atoms with Crippen molar-refractivity contribution >= 4 is 39.2 Å². The van der Waals surface area contributed by atoms with E-state index in [0.29, 0.717) is 5.69 Å². The van der Waals surface area contributed by atoms with Crippen LogP contribution in [0.15, 0.2) is 47.4 Å². The predicted octanol–water partition coefficient (Wildman–Crippen LogP) is 2.68. The Hall–Kier alpha value is -2.53. The lowest BCUT2D eigenvalue weighted by Crippen LogP contribution is -2.40. The zero-order valence-corrected chi connectivity index (χ0v) is 18.1. The van der Waals surface area contributed by atoms with E-state index in [4.69, 9.17) is 21.1 Å². The quantitative estimate of drug-likeness (QED) is 0.651. The first kappa shape index (κ1) is 23.1. The summed E-state index contributed by atoms with van der Waals surface area (Å²) in [7, 11) is -3.93. The zero-order valence-electron chi connectivity index (χ0n) is 16.5. The summed E-state index contributed by atoms with van der Waals surface area (Å²) < 4.78 is 50.3. The van der Waals surface area contributed by atoms with E-state index in [1.807, 2.05) is 0 Å². The van der Waals surface area contributed by atoms with E-state index < -0.39 is 33.8 Å². The van der Waals surface area contributed by atoms with Gasteiger partial charge in [-0.2, -0.15) is 4.31 Å². The fourth-order valence-electron chi connectivity index (χ4n) is 2.81. The Kier molecular flexibility index (Phi) is 7.26. The number of hydrogen-bond acceptors (Lipinski definition) is 6. The van der Waals surface area contributed by atoms with Crippen molar-refractivity contribution in [3.05, 3.63) is 58.9 Å². The molecule has 1 saturated heterocycles. The maximum atomic E-state index is 13.0. The predicted molar refractivity (Wildman–Crippen MR) is 111 cm³/mol. The lowest BCUT2D eigenvalue weighted by Gasteiger charge is -2.26. The van der Waals surface area contributed by atoms with Crippen LogP contribution in [0.4, 0.5) is 10.1 Å². The van der Waals surface area contributed by atoms with Gasteiger partial charge in [-0.3, -0.25) is 4.79 Å². The Bertz CT molecular complexity index is 1070. The van der Waals surface area contributed by atoms with Gasteiger partial charge in [0.25, 0.3) is 5.91 Å². The van der Waals surface area contributed by atoms with Crippen LogP contribution in [0.2, 0.25) is 5.02 Å². The molecule has 2 aromatic rings. The molecule has 0 bridgehead atoms. The second-order valence-electron chi connectivity index (χ2n) is 6.71. The molecule has 1 fully saturated rings. The molecule has 8 nitrogen and oxygen atoms in total. The summed E-state index contributed by atoms with van der Waals surface area (Å²) in [5, 5.41) is 2.46. The molecule has 0 aromatic heterocycles. The number of rotatable bonds is 6. The van der Waals surface area contributed by atoms with Crippen LogP contribution in [0.3, 0.4) is 0 Å². The highest BCUT2D eigenvalue weighted by atomic mass is 35.5. The standard InChI is InChI=1S/C20H20ClFN2O6S/c1-13(19(25)23-16-5-3-15(22)4-6-16)30-20(26)14-2-7-17(21)18(12-14)31(27,28)24-8-10-29-11-9-24/h2-7,12-13H,8-11H2,1H3,(H,23,25). The Morgan fingerprint density at radius 3 is 2.45 bits per heavy atom. The summed E-state index contributed by atoms with van der Waals surface area (Å²) in [4.78, 5) is 24.5. The number of halogens is 2. The highest BCUT2D eigenvalue weighted by molar-refractivity contribution is 7.89. The Balaban J connectivity index is 1.72. The molecule has 11 heteroatoms. The van der Waals surface area contributed by atoms with Crippen LogP contribution in [0.1, 0.15) is 17.3 Å². The van der Waals surface area contributed by atoms with E-state index in [1.165, 1.54) is 47.6 Å². The number of ether oxygens (including phenoxy) is 2. The maximum Gasteiger partial charge on any atom is 0.338 e. The third-order valence-corrected chi connectivity index (χ3v) is 6.90. The normalized spacial score (nSPS) is 15.8. The molecule has 1 heterocycles. The molecule has 1 aliphatic rings. The lowest BCUT2D eigenvalue weighted by molar-refractivity contribution is -0.123. The van der Waals surface area contributed by atoms with Crippen molar-refractivity contribution in [1.29, 1.82) is 0 Å². The van der Waals surface area contributed by atoms with Crippen LogP contribution in [0, 0.1) is 5.82 Å². The molecule has 1 N–H and O–H groups in total. The first-order valence-electron chi connectivity index (χ1n) is 9.33. The van der Waals surface area contributed by atoms with E-state index in [9.17, 15) is 22.4 Å². The summed E-state index contributed by atoms with van der Waals surface area (Å²) in [6.07, 6.45) is -1.19. The topological polar surface area (TPSA) is 102 Å². The summed E-state index contributed by atoms with van der Waals surface area (Å²) in [5.41, 5.74) is 0.261. The van der Waals surface area contributed by atoms with Gasteiger partial charge < -0.3 is 14.8 Å². The lowest BCUT2D eigenvalue weighted by atomic mass is 10.2. The van der Waals surface area contributed by atoms with Crippen LogP contribution in [-0.2, 0) is 24.3 Å². The molecule has 1 aliphatic heterocycles. The van der Waals surface area contributed by atoms with Crippen molar-refractivity contribution in [3.63, 3.8) is 0 Å². The Morgan fingerprint density at radius 1 is 1.16 bits per heavy atom. The SMILES string of the molecule is CC(OC(=O)c1ccc(Cl)c(S(=O)(=O)N2CCOCC2)c1)C(=O)Nc1ccc(F)cc1. The number of hydrogen-bond donors (Lipinski definition) is 1. The summed E-state index contributed by atoms with van der Waals surface area (Å²) in [6, 6.07) is 8.81. The molecule has 166 valence electrons. The maximum absolute atomic E-state index is 13.0. The number of nitrogens with one attached hydrogen (secondary N) is 1. The van der Waals surface area contributed by atoms with Gasteiger partial charge in [-0.15, -0.1) is 0 Å². The number of morpholine rings is 1. The van der Waals surface area contributed by atoms with Crippen molar-refractivity contribution in [3.8, 4) is 0 Å². The van der Waals surface area contributed by atoms with Gasteiger partial charge >= 0.3 is 5.97 Å². The average molecular weight is 471 g/mol. The minimum absolute atomic E-state index is 0.0369. The van der Waals surface area contributed by atoms with Crippen LogP contribution < -0.4 is 5.32 Å². The summed E-state index contributed by atoms with van der Waals surface area (Å²) >= 11 is 6.08. The number of nitrogens with zero attached hydrogens (tertiary/aromatic N) is 1. The molecule has 1 amide bonds. The smallest absolute Gasteiger partial charge is 0.338 e. The second kappa shape index (κ2) is 9.73. The van der Waals surface area contributed by atoms with Gasteiger partial charge in [0.1, 0.15) is 10.7 Å². The highest BCUT2D eigenvalue weighted by Gasteiger charge is 2.29. The molecule has 0 aliphatic carbocycles. The number of carbonyl (C=O) groups excluding carboxylic acids is 2. The monoisotopic (exact) mass is 470 g/mol. The number of esters is 1. The molecule has 0 saturated carbocycles. The third-order valence-electron chi connectivity index (χ3n) is 4.52. The molecular formula is C20H20ClFN2O6S. The number of benzene rings is 2. The van der Waals surface area contributed by atoms with E-state index in [1.54, 1.807) is 0 Å². The van der Waals surface area contributed by atoms with E-state index in [-0.39, 0.29) is 41.8 Å². The highest BCUT2D eigenvalue weighted by Crippen LogP contribution is 2.27. The van der Waals surface area contributed by atoms with Crippen LogP contribution >= 0.6 is 11.6 Å². The summed E-state index contributed by atoms with van der Waals surface area (Å²) in [5.74, 6) is -1.98. The fraction of sp³-hybridized carbons (Fsp3) is 0.300. The molecule has 1 unspecified atom stereocenters. The Morgan fingerprint density at radius 2 is 1.81 bits per heavy atom. The van der Waals surface area contributed by atoms with Gasteiger partial charge in [-0.25, -0.2) is 17.6 Å². The second-order valence-corrected chi connectivity index (χ2v) is 9.02. The zero-order chi connectivity index (χ0) is 22.6. The number of amides is 1. The molecule has 0 spiro atoms. The fourth-order valence-corrected chi connectivity index (χ4v) is 4.72. The van der Waals surface area contributed by atoms with Gasteiger partial charge in [0, 0.05) is 18.8 Å². The first-order chi connectivity index (χ1) is 14.7. The minimum Gasteiger partial charge on any atom is -0.449 e. The van der Waals surface area contributed by atoms with Crippen molar-refractivity contribution < 1.29 is 31.9 Å². The number of sulfonamides is 1. The first-order valence-corrected chi connectivity index (χ1v) is 11.1. The van der Waals surface area contributed by atoms with Gasteiger partial charge in [-0.05, 0) is 49.4 Å². The van der Waals surface area contributed by atoms with Crippen molar-refractivity contribution in [2.24, 2.45) is 0 Å². The summed E-state index contributed by atoms with van der Waals surface area (Å²) in [6.45, 7) is 2.23. The van der Waals surface area contributed by atoms with Crippen molar-refractivity contribution in [2.45, 2.75) is 17.9 Å². The van der Waals surface area contributed by atoms with Crippen molar-refractivity contribution in [1.82, 2.24) is 4.31 Å².